The van der Waals surface area contributed by atoms with E-state index in [1.54, 1.807) is 0 Å². The molecule has 7 heteroatoms. The van der Waals surface area contributed by atoms with Crippen molar-refractivity contribution in [1.82, 2.24) is 4.98 Å². The number of nitrogens with zero attached hydrogens (tertiary/aromatic N) is 1. The van der Waals surface area contributed by atoms with E-state index < -0.39 is 17.5 Å². The van der Waals surface area contributed by atoms with E-state index in [0.29, 0.717) is 9.34 Å². The third-order valence-corrected chi connectivity index (χ3v) is 3.07. The van der Waals surface area contributed by atoms with Gasteiger partial charge in [0.25, 0.3) is 0 Å². The van der Waals surface area contributed by atoms with E-state index in [-0.39, 0.29) is 12.2 Å². The van der Waals surface area contributed by atoms with Crippen LogP contribution in [0.1, 0.15) is 5.01 Å². The van der Waals surface area contributed by atoms with Gasteiger partial charge in [0.05, 0.1) is 12.7 Å². The number of hydrogen-bond acceptors (Lipinski definition) is 3. The van der Waals surface area contributed by atoms with E-state index >= 15 is 0 Å². The molecule has 1 aromatic heterocycles. The van der Waals surface area contributed by atoms with Crippen molar-refractivity contribution in [3.8, 4) is 0 Å². The number of thiazole rings is 1. The van der Waals surface area contributed by atoms with Gasteiger partial charge in [-0.15, -0.1) is 11.3 Å². The molecule has 0 radical (unpaired) electrons. The summed E-state index contributed by atoms with van der Waals surface area (Å²) in [4.78, 5) is 3.96. The van der Waals surface area contributed by atoms with Crippen molar-refractivity contribution in [2.45, 2.75) is 6.54 Å². The molecule has 2 rings (SSSR count). The van der Waals surface area contributed by atoms with E-state index in [1.807, 2.05) is 0 Å². The van der Waals surface area contributed by atoms with Crippen molar-refractivity contribution in [2.24, 2.45) is 0 Å². The third-order valence-electron chi connectivity index (χ3n) is 1.95. The van der Waals surface area contributed by atoms with Crippen molar-refractivity contribution in [2.75, 3.05) is 5.32 Å². The van der Waals surface area contributed by atoms with E-state index in [2.05, 4.69) is 10.3 Å². The fourth-order valence-electron chi connectivity index (χ4n) is 1.20. The minimum absolute atomic E-state index is 0.146. The molecule has 0 fully saturated rings. The van der Waals surface area contributed by atoms with Gasteiger partial charge in [-0.1, -0.05) is 11.6 Å². The summed E-state index contributed by atoms with van der Waals surface area (Å²) in [7, 11) is 0. The van der Waals surface area contributed by atoms with Gasteiger partial charge in [-0.3, -0.25) is 0 Å². The molecular formula is C10H6ClF3N2S. The Kier molecular flexibility index (Phi) is 3.54. The second-order valence-corrected chi connectivity index (χ2v) is 4.91. The summed E-state index contributed by atoms with van der Waals surface area (Å²) in [6, 6.07) is 1.77. The highest BCUT2D eigenvalue weighted by Crippen LogP contribution is 2.21. The minimum atomic E-state index is -1.48. The first-order valence-corrected chi connectivity index (χ1v) is 5.74. The molecule has 0 saturated heterocycles. The molecule has 2 aromatic rings. The molecule has 0 bridgehead atoms. The second kappa shape index (κ2) is 4.93. The summed E-state index contributed by atoms with van der Waals surface area (Å²) >= 11 is 6.92. The number of halogens is 4. The predicted octanol–water partition coefficient (Wildman–Crippen LogP) is 3.83. The number of aromatic nitrogens is 1. The highest BCUT2D eigenvalue weighted by atomic mass is 35.5. The van der Waals surface area contributed by atoms with E-state index in [9.17, 15) is 13.2 Å². The Balaban J connectivity index is 2.09. The summed E-state index contributed by atoms with van der Waals surface area (Å²) in [5.74, 6) is -3.94. The molecule has 0 spiro atoms. The fourth-order valence-corrected chi connectivity index (χ4v) is 2.10. The van der Waals surface area contributed by atoms with Gasteiger partial charge in [0.15, 0.2) is 17.5 Å². The molecule has 1 N–H and O–H groups in total. The highest BCUT2D eigenvalue weighted by Gasteiger charge is 2.10. The monoisotopic (exact) mass is 278 g/mol. The minimum Gasteiger partial charge on any atom is -0.378 e. The van der Waals surface area contributed by atoms with Crippen LogP contribution in [0.3, 0.4) is 0 Å². The molecule has 1 heterocycles. The van der Waals surface area contributed by atoms with Gasteiger partial charge in [0.1, 0.15) is 9.34 Å². The zero-order chi connectivity index (χ0) is 12.4. The molecule has 1 aromatic carbocycles. The van der Waals surface area contributed by atoms with Crippen LogP contribution in [0, 0.1) is 17.5 Å². The van der Waals surface area contributed by atoms with Crippen LogP contribution in [-0.4, -0.2) is 4.98 Å². The molecule has 0 unspecified atom stereocenters. The van der Waals surface area contributed by atoms with Crippen LogP contribution in [-0.2, 0) is 6.54 Å². The van der Waals surface area contributed by atoms with E-state index in [1.165, 1.54) is 17.5 Å². The van der Waals surface area contributed by atoms with Gasteiger partial charge in [-0.05, 0) is 0 Å². The van der Waals surface area contributed by atoms with E-state index in [0.717, 1.165) is 12.1 Å². The molecule has 0 aliphatic heterocycles. The normalized spacial score (nSPS) is 10.6. The Labute approximate surface area is 104 Å². The van der Waals surface area contributed by atoms with Crippen LogP contribution in [0.25, 0.3) is 0 Å². The lowest BCUT2D eigenvalue weighted by Gasteiger charge is -2.05. The quantitative estimate of drug-likeness (QED) is 0.863. The molecule has 0 amide bonds. The van der Waals surface area contributed by atoms with Crippen LogP contribution in [0.4, 0.5) is 18.9 Å². The predicted molar refractivity (Wildman–Crippen MR) is 60.8 cm³/mol. The lowest BCUT2D eigenvalue weighted by Crippen LogP contribution is -2.01. The lowest BCUT2D eigenvalue weighted by atomic mass is 10.3. The summed E-state index contributed by atoms with van der Waals surface area (Å²) in [5.41, 5.74) is 0.146. The van der Waals surface area contributed by atoms with Gasteiger partial charge >= 0.3 is 0 Å². The van der Waals surface area contributed by atoms with Crippen LogP contribution >= 0.6 is 22.9 Å². The molecule has 0 saturated carbocycles. The molecule has 17 heavy (non-hydrogen) atoms. The Hall–Kier alpha value is -1.27. The standard InChI is InChI=1S/C10H6ClF3N2S/c11-8-3-16-9(17-8)4-15-5-1-6(12)10(14)7(13)2-5/h1-3,15H,4H2. The first-order chi connectivity index (χ1) is 8.06. The summed E-state index contributed by atoms with van der Waals surface area (Å²) < 4.78 is 39.0. The summed E-state index contributed by atoms with van der Waals surface area (Å²) in [6.45, 7) is 0.266. The first kappa shape index (κ1) is 12.2. The maximum Gasteiger partial charge on any atom is 0.194 e. The number of hydrogen-bond donors (Lipinski definition) is 1. The van der Waals surface area contributed by atoms with E-state index in [4.69, 9.17) is 11.6 Å². The molecule has 0 aliphatic carbocycles. The number of anilines is 1. The van der Waals surface area contributed by atoms with Crippen LogP contribution < -0.4 is 5.32 Å². The molecule has 2 nitrogen and oxygen atoms in total. The molecule has 0 atom stereocenters. The zero-order valence-electron chi connectivity index (χ0n) is 8.31. The molecule has 90 valence electrons. The average Bonchev–Trinajstić information content (AvgIpc) is 2.69. The molecular weight excluding hydrogens is 273 g/mol. The number of nitrogens with one attached hydrogen (secondary N) is 1. The van der Waals surface area contributed by atoms with Gasteiger partial charge < -0.3 is 5.32 Å². The van der Waals surface area contributed by atoms with Crippen molar-refractivity contribution in [1.29, 1.82) is 0 Å². The van der Waals surface area contributed by atoms with Crippen LogP contribution in [0.15, 0.2) is 18.3 Å². The first-order valence-electron chi connectivity index (χ1n) is 4.55. The van der Waals surface area contributed by atoms with Gasteiger partial charge in [-0.25, -0.2) is 18.2 Å². The van der Waals surface area contributed by atoms with Crippen LogP contribution in [0.2, 0.25) is 4.34 Å². The average molecular weight is 279 g/mol. The van der Waals surface area contributed by atoms with Gasteiger partial charge in [-0.2, -0.15) is 0 Å². The topological polar surface area (TPSA) is 24.9 Å². The number of benzene rings is 1. The zero-order valence-corrected chi connectivity index (χ0v) is 9.88. The Bertz CT molecular complexity index is 521. The highest BCUT2D eigenvalue weighted by molar-refractivity contribution is 7.15. The van der Waals surface area contributed by atoms with Gasteiger partial charge in [0, 0.05) is 17.8 Å². The molecule has 0 aliphatic rings. The van der Waals surface area contributed by atoms with Crippen molar-refractivity contribution >= 4 is 28.6 Å². The maximum absolute atomic E-state index is 12.9. The van der Waals surface area contributed by atoms with Gasteiger partial charge in [0.2, 0.25) is 0 Å². The van der Waals surface area contributed by atoms with Crippen molar-refractivity contribution in [3.05, 3.63) is 45.1 Å². The SMILES string of the molecule is Fc1cc(NCc2ncc(Cl)s2)cc(F)c1F. The number of rotatable bonds is 3. The smallest absolute Gasteiger partial charge is 0.194 e. The Morgan fingerprint density at radius 2 is 1.88 bits per heavy atom. The van der Waals surface area contributed by atoms with Crippen molar-refractivity contribution in [3.63, 3.8) is 0 Å². The van der Waals surface area contributed by atoms with Crippen molar-refractivity contribution < 1.29 is 13.2 Å². The summed E-state index contributed by atoms with van der Waals surface area (Å²) in [6.07, 6.45) is 1.48. The Morgan fingerprint density at radius 1 is 1.24 bits per heavy atom. The lowest BCUT2D eigenvalue weighted by molar-refractivity contribution is 0.447. The Morgan fingerprint density at radius 3 is 2.41 bits per heavy atom. The van der Waals surface area contributed by atoms with Crippen LogP contribution in [0.5, 0.6) is 0 Å². The fraction of sp³-hybridized carbons (Fsp3) is 0.100. The second-order valence-electron chi connectivity index (χ2n) is 3.17. The largest absolute Gasteiger partial charge is 0.378 e. The maximum atomic E-state index is 12.9. The summed E-state index contributed by atoms with van der Waals surface area (Å²) in [5, 5.41) is 3.39. The third kappa shape index (κ3) is 2.89.